The van der Waals surface area contributed by atoms with Gasteiger partial charge in [-0.3, -0.25) is 4.99 Å². The molecule has 5 nitrogen and oxygen atoms in total. The molecule has 1 aliphatic carbocycles. The zero-order valence-corrected chi connectivity index (χ0v) is 24.3. The molecule has 0 bridgehead atoms. The van der Waals surface area contributed by atoms with E-state index in [-0.39, 0.29) is 11.1 Å². The van der Waals surface area contributed by atoms with Crippen LogP contribution in [0.1, 0.15) is 39.7 Å². The van der Waals surface area contributed by atoms with Crippen LogP contribution in [0.5, 0.6) is 0 Å². The van der Waals surface area contributed by atoms with Gasteiger partial charge in [0.05, 0.1) is 10.3 Å². The molecule has 1 aromatic carbocycles. The van der Waals surface area contributed by atoms with E-state index < -0.39 is 48.6 Å². The van der Waals surface area contributed by atoms with E-state index in [4.69, 9.17) is 9.73 Å². The summed E-state index contributed by atoms with van der Waals surface area (Å²) in [6.07, 6.45) is -1.55. The summed E-state index contributed by atoms with van der Waals surface area (Å²) < 4.78 is 35.4. The van der Waals surface area contributed by atoms with Crippen molar-refractivity contribution in [2.24, 2.45) is 16.3 Å². The third-order valence-corrected chi connectivity index (χ3v) is 10.2. The zero-order chi connectivity index (χ0) is 25.7. The second kappa shape index (κ2) is 9.48. The number of aliphatic imine (C=N–C) groups is 1. The van der Waals surface area contributed by atoms with Gasteiger partial charge in [-0.2, -0.15) is 0 Å². The molecule has 1 saturated carbocycles. The average Bonchev–Trinajstić information content (AvgIpc) is 3.43. The second-order valence-corrected chi connectivity index (χ2v) is 19.7. The van der Waals surface area contributed by atoms with Gasteiger partial charge < -0.3 is 9.84 Å². The van der Waals surface area contributed by atoms with Gasteiger partial charge in [0.2, 0.25) is 0 Å². The lowest BCUT2D eigenvalue weighted by Crippen LogP contribution is -2.53. The van der Waals surface area contributed by atoms with E-state index in [9.17, 15) is 18.7 Å². The molecule has 34 heavy (non-hydrogen) atoms. The number of ether oxygens (including phenoxy) is 1. The Hall–Kier alpha value is -0.973. The number of thioether (sulfide) groups is 1. The maximum absolute atomic E-state index is 15.0. The minimum absolute atomic E-state index is 0.161. The molecule has 3 rings (SSSR count). The Labute approximate surface area is 214 Å². The molecule has 1 aliphatic heterocycles. The van der Waals surface area contributed by atoms with Crippen LogP contribution in [-0.4, -0.2) is 53.6 Å². The normalized spacial score (nSPS) is 27.6. The standard InChI is InChI=1S/C24H35BrF2N2O3SSi/c1-22(2,3)19(32-10-11-34(5,6)7)29(21(30)31)20-28-23(4,18-13-24(18,14-26)33-20)16-12-15(25)8-9-17(16)27/h8-9,12,18-19H,10-11,13-14H2,1-7H3,(H,30,31)/t18-,19?,23+,24+/m0/s1. The lowest BCUT2D eigenvalue weighted by atomic mass is 9.86. The van der Waals surface area contributed by atoms with Crippen molar-refractivity contribution in [3.8, 4) is 0 Å². The number of carboxylic acid groups (broad SMARTS) is 1. The number of fused-ring (bicyclic) bond motifs is 1. The van der Waals surface area contributed by atoms with Crippen LogP contribution in [0, 0.1) is 17.2 Å². The Morgan fingerprint density at radius 1 is 1.41 bits per heavy atom. The summed E-state index contributed by atoms with van der Waals surface area (Å²) in [5, 5.41) is 10.5. The van der Waals surface area contributed by atoms with Crippen LogP contribution in [0.15, 0.2) is 27.7 Å². The molecular formula is C24H35BrF2N2O3SSi. The highest BCUT2D eigenvalue weighted by Gasteiger charge is 2.68. The molecule has 0 radical (unpaired) electrons. The molecule has 2 aliphatic rings. The molecule has 190 valence electrons. The smallest absolute Gasteiger partial charge is 0.415 e. The topological polar surface area (TPSA) is 62.1 Å². The van der Waals surface area contributed by atoms with Crippen molar-refractivity contribution in [2.45, 2.75) is 76.3 Å². The predicted octanol–water partition coefficient (Wildman–Crippen LogP) is 7.34. The molecule has 0 saturated heterocycles. The number of nitrogens with zero attached hydrogens (tertiary/aromatic N) is 2. The van der Waals surface area contributed by atoms with Crippen LogP contribution >= 0.6 is 27.7 Å². The fourth-order valence-corrected chi connectivity index (χ4v) is 7.11. The average molecular weight is 578 g/mol. The molecule has 4 atom stereocenters. The Morgan fingerprint density at radius 2 is 2.06 bits per heavy atom. The Morgan fingerprint density at radius 3 is 2.59 bits per heavy atom. The van der Waals surface area contributed by atoms with Crippen LogP contribution < -0.4 is 0 Å². The van der Waals surface area contributed by atoms with Gasteiger partial charge in [-0.05, 0) is 37.6 Å². The van der Waals surface area contributed by atoms with E-state index in [1.807, 2.05) is 20.8 Å². The molecular weight excluding hydrogens is 542 g/mol. The summed E-state index contributed by atoms with van der Waals surface area (Å²) in [4.78, 5) is 18.6. The molecule has 1 aromatic rings. The number of hydrogen-bond acceptors (Lipinski definition) is 4. The molecule has 10 heteroatoms. The summed E-state index contributed by atoms with van der Waals surface area (Å²) in [5.74, 6) is -0.680. The Balaban J connectivity index is 2.08. The van der Waals surface area contributed by atoms with E-state index in [1.54, 1.807) is 19.1 Å². The summed E-state index contributed by atoms with van der Waals surface area (Å²) in [6.45, 7) is 14.0. The van der Waals surface area contributed by atoms with E-state index in [0.29, 0.717) is 23.1 Å². The maximum atomic E-state index is 15.0. The maximum Gasteiger partial charge on any atom is 0.415 e. The Bertz CT molecular complexity index is 984. The first-order valence-electron chi connectivity index (χ1n) is 11.5. The highest BCUT2D eigenvalue weighted by molar-refractivity contribution is 9.10. The van der Waals surface area contributed by atoms with Crippen LogP contribution in [-0.2, 0) is 10.3 Å². The zero-order valence-electron chi connectivity index (χ0n) is 20.9. The lowest BCUT2D eigenvalue weighted by molar-refractivity contribution is -0.0761. The number of hydrogen-bond donors (Lipinski definition) is 1. The van der Waals surface area contributed by atoms with Crippen molar-refractivity contribution in [3.05, 3.63) is 34.1 Å². The van der Waals surface area contributed by atoms with E-state index in [2.05, 4.69) is 35.6 Å². The highest BCUT2D eigenvalue weighted by Crippen LogP contribution is 2.67. The molecule has 1 fully saturated rings. The minimum Gasteiger partial charge on any atom is -0.465 e. The van der Waals surface area contributed by atoms with Crippen LogP contribution in [0.3, 0.4) is 0 Å². The van der Waals surface area contributed by atoms with Crippen molar-refractivity contribution in [1.29, 1.82) is 0 Å². The fraction of sp³-hybridized carbons (Fsp3) is 0.667. The SMILES string of the molecule is CC(C)(C)C(OCC[Si](C)(C)C)N(C(=O)O)C1=N[C@](C)(c2cc(Br)ccc2F)[C@@H]2C[C@]2(CF)S1. The van der Waals surface area contributed by atoms with Crippen molar-refractivity contribution in [2.75, 3.05) is 13.3 Å². The first-order valence-corrected chi connectivity index (χ1v) is 16.8. The number of carbonyl (C=O) groups is 1. The molecule has 1 amide bonds. The number of benzene rings is 1. The molecule has 0 aromatic heterocycles. The fourth-order valence-electron chi connectivity index (χ4n) is 4.47. The quantitative estimate of drug-likeness (QED) is 0.272. The summed E-state index contributed by atoms with van der Waals surface area (Å²) >= 11 is 4.55. The first-order chi connectivity index (χ1) is 15.5. The predicted molar refractivity (Wildman–Crippen MR) is 141 cm³/mol. The van der Waals surface area contributed by atoms with Gasteiger partial charge in [0.15, 0.2) is 5.17 Å². The molecule has 1 unspecified atom stereocenters. The van der Waals surface area contributed by atoms with Crippen molar-refractivity contribution < 1.29 is 23.4 Å². The molecule has 0 spiro atoms. The third kappa shape index (κ3) is 5.55. The largest absolute Gasteiger partial charge is 0.465 e. The number of halogens is 3. The summed E-state index contributed by atoms with van der Waals surface area (Å²) in [6, 6.07) is 5.49. The van der Waals surface area contributed by atoms with Gasteiger partial charge in [-0.25, -0.2) is 18.5 Å². The van der Waals surface area contributed by atoms with Gasteiger partial charge >= 0.3 is 6.09 Å². The van der Waals surface area contributed by atoms with Gasteiger partial charge in [-0.15, -0.1) is 0 Å². The minimum atomic E-state index is -1.41. The third-order valence-electron chi connectivity index (χ3n) is 6.54. The molecule has 1 N–H and O–H groups in total. The van der Waals surface area contributed by atoms with Crippen molar-refractivity contribution >= 4 is 47.0 Å². The van der Waals surface area contributed by atoms with E-state index >= 15 is 0 Å². The van der Waals surface area contributed by atoms with E-state index in [1.165, 1.54) is 6.07 Å². The summed E-state index contributed by atoms with van der Waals surface area (Å²) in [7, 11) is -1.41. The first kappa shape index (κ1) is 27.6. The van der Waals surface area contributed by atoms with Crippen LogP contribution in [0.25, 0.3) is 0 Å². The lowest BCUT2D eigenvalue weighted by Gasteiger charge is -2.42. The monoisotopic (exact) mass is 576 g/mol. The van der Waals surface area contributed by atoms with E-state index in [0.717, 1.165) is 22.7 Å². The number of amides is 1. The number of rotatable bonds is 7. The van der Waals surface area contributed by atoms with Crippen LogP contribution in [0.4, 0.5) is 13.6 Å². The summed E-state index contributed by atoms with van der Waals surface area (Å²) in [5.41, 5.74) is -1.34. The van der Waals surface area contributed by atoms with Gasteiger partial charge in [0.25, 0.3) is 0 Å². The highest BCUT2D eigenvalue weighted by atomic mass is 79.9. The van der Waals surface area contributed by atoms with Crippen molar-refractivity contribution in [1.82, 2.24) is 4.90 Å². The van der Waals surface area contributed by atoms with Gasteiger partial charge in [-0.1, -0.05) is 68.1 Å². The van der Waals surface area contributed by atoms with Gasteiger partial charge in [0, 0.05) is 36.0 Å². The Kier molecular flexibility index (Phi) is 7.70. The second-order valence-electron chi connectivity index (χ2n) is 11.8. The number of alkyl halides is 1. The number of amidine groups is 1. The van der Waals surface area contributed by atoms with Crippen molar-refractivity contribution in [3.63, 3.8) is 0 Å². The van der Waals surface area contributed by atoms with Gasteiger partial charge in [0.1, 0.15) is 18.7 Å². The molecule has 1 heterocycles. The van der Waals surface area contributed by atoms with Crippen LogP contribution in [0.2, 0.25) is 25.7 Å².